The Morgan fingerprint density at radius 3 is 2.59 bits per heavy atom. The molecule has 0 saturated carbocycles. The fourth-order valence-electron chi connectivity index (χ4n) is 1.19. The summed E-state index contributed by atoms with van der Waals surface area (Å²) in [5, 5.41) is 3.01. The molecule has 0 bridgehead atoms. The normalized spacial score (nSPS) is 10.9. The number of halogens is 1. The molecule has 0 fully saturated rings. The van der Waals surface area contributed by atoms with E-state index in [9.17, 15) is 0 Å². The van der Waals surface area contributed by atoms with Gasteiger partial charge in [-0.1, -0.05) is 18.2 Å². The van der Waals surface area contributed by atoms with Crippen LogP contribution in [0.25, 0.3) is 0 Å². The number of ether oxygens (including phenoxy) is 1. The Balaban J connectivity index is 0.00000256. The summed E-state index contributed by atoms with van der Waals surface area (Å²) in [7, 11) is 0. The van der Waals surface area contributed by atoms with Gasteiger partial charge in [0, 0.05) is 6.04 Å². The van der Waals surface area contributed by atoms with E-state index in [4.69, 9.17) is 10.5 Å². The van der Waals surface area contributed by atoms with Gasteiger partial charge < -0.3 is 15.8 Å². The van der Waals surface area contributed by atoms with Crippen molar-refractivity contribution in [3.8, 4) is 5.75 Å². The standard InChI is InChI=1S/C12H19N3O.HI/c1-10(2)15-12(13)14-8-9-16-11-6-4-3-5-7-11;/h3-7,10H,8-9H2,1-2H3,(H3,13,14,15);1H. The van der Waals surface area contributed by atoms with Crippen LogP contribution in [0.2, 0.25) is 0 Å². The lowest BCUT2D eigenvalue weighted by molar-refractivity contribution is 0.328. The number of benzene rings is 1. The number of rotatable bonds is 5. The molecule has 0 aliphatic carbocycles. The van der Waals surface area contributed by atoms with E-state index in [1.54, 1.807) is 0 Å². The van der Waals surface area contributed by atoms with Crippen molar-refractivity contribution in [2.24, 2.45) is 10.7 Å². The van der Waals surface area contributed by atoms with Crippen LogP contribution in [0, 0.1) is 0 Å². The zero-order chi connectivity index (χ0) is 11.8. The first-order chi connectivity index (χ1) is 7.68. The third-order valence-electron chi connectivity index (χ3n) is 1.82. The van der Waals surface area contributed by atoms with Crippen LogP contribution in [0.1, 0.15) is 13.8 Å². The van der Waals surface area contributed by atoms with Gasteiger partial charge in [0.1, 0.15) is 12.4 Å². The average molecular weight is 349 g/mol. The van der Waals surface area contributed by atoms with Gasteiger partial charge in [0.2, 0.25) is 0 Å². The molecule has 17 heavy (non-hydrogen) atoms. The highest BCUT2D eigenvalue weighted by atomic mass is 127. The summed E-state index contributed by atoms with van der Waals surface area (Å²) in [5.41, 5.74) is 5.64. The summed E-state index contributed by atoms with van der Waals surface area (Å²) >= 11 is 0. The zero-order valence-corrected chi connectivity index (χ0v) is 12.5. The average Bonchev–Trinajstić information content (AvgIpc) is 2.25. The van der Waals surface area contributed by atoms with Crippen molar-refractivity contribution in [1.29, 1.82) is 0 Å². The monoisotopic (exact) mass is 349 g/mol. The van der Waals surface area contributed by atoms with Crippen molar-refractivity contribution in [3.63, 3.8) is 0 Å². The number of nitrogens with one attached hydrogen (secondary N) is 1. The first-order valence-corrected chi connectivity index (χ1v) is 5.43. The Bertz CT molecular complexity index is 328. The van der Waals surface area contributed by atoms with Gasteiger partial charge in [-0.25, -0.2) is 4.99 Å². The Morgan fingerprint density at radius 2 is 2.00 bits per heavy atom. The van der Waals surface area contributed by atoms with E-state index in [-0.39, 0.29) is 24.0 Å². The Kier molecular flexibility index (Phi) is 8.57. The molecule has 0 aliphatic rings. The van der Waals surface area contributed by atoms with Crippen molar-refractivity contribution in [3.05, 3.63) is 30.3 Å². The molecular weight excluding hydrogens is 329 g/mol. The lowest BCUT2D eigenvalue weighted by atomic mass is 10.3. The minimum Gasteiger partial charge on any atom is -0.492 e. The highest BCUT2D eigenvalue weighted by Crippen LogP contribution is 2.07. The Morgan fingerprint density at radius 1 is 1.35 bits per heavy atom. The van der Waals surface area contributed by atoms with Gasteiger partial charge in [0.25, 0.3) is 0 Å². The molecule has 0 saturated heterocycles. The van der Waals surface area contributed by atoms with Gasteiger partial charge in [-0.2, -0.15) is 0 Å². The van der Waals surface area contributed by atoms with Gasteiger partial charge in [-0.3, -0.25) is 0 Å². The van der Waals surface area contributed by atoms with Crippen molar-refractivity contribution in [1.82, 2.24) is 5.32 Å². The van der Waals surface area contributed by atoms with Gasteiger partial charge in [-0.15, -0.1) is 24.0 Å². The number of guanidine groups is 1. The zero-order valence-electron chi connectivity index (χ0n) is 10.2. The fraction of sp³-hybridized carbons (Fsp3) is 0.417. The predicted octanol–water partition coefficient (Wildman–Crippen LogP) is 2.00. The molecule has 1 aromatic rings. The topological polar surface area (TPSA) is 59.6 Å². The molecule has 0 amide bonds. The summed E-state index contributed by atoms with van der Waals surface area (Å²) in [6.45, 7) is 5.12. The Hall–Kier alpha value is -0.980. The summed E-state index contributed by atoms with van der Waals surface area (Å²) in [6, 6.07) is 9.97. The second kappa shape index (κ2) is 9.09. The van der Waals surface area contributed by atoms with Crippen molar-refractivity contribution in [2.75, 3.05) is 13.2 Å². The van der Waals surface area contributed by atoms with Crippen LogP contribution in [-0.2, 0) is 0 Å². The SMILES string of the molecule is CC(C)NC(N)=NCCOc1ccccc1.I. The van der Waals surface area contributed by atoms with Crippen LogP contribution in [0.3, 0.4) is 0 Å². The number of para-hydroxylation sites is 1. The molecule has 5 heteroatoms. The van der Waals surface area contributed by atoms with Crippen molar-refractivity contribution >= 4 is 29.9 Å². The van der Waals surface area contributed by atoms with Crippen molar-refractivity contribution in [2.45, 2.75) is 19.9 Å². The van der Waals surface area contributed by atoms with Gasteiger partial charge in [0.15, 0.2) is 5.96 Å². The number of hydrogen-bond donors (Lipinski definition) is 2. The van der Waals surface area contributed by atoms with Crippen LogP contribution in [0.5, 0.6) is 5.75 Å². The smallest absolute Gasteiger partial charge is 0.188 e. The maximum Gasteiger partial charge on any atom is 0.188 e. The third kappa shape index (κ3) is 7.84. The third-order valence-corrected chi connectivity index (χ3v) is 1.82. The van der Waals surface area contributed by atoms with E-state index in [0.717, 1.165) is 5.75 Å². The molecule has 0 spiro atoms. The molecule has 0 radical (unpaired) electrons. The Labute approximate surface area is 120 Å². The molecule has 1 aromatic carbocycles. The highest BCUT2D eigenvalue weighted by Gasteiger charge is 1.94. The molecule has 0 aliphatic heterocycles. The van der Waals surface area contributed by atoms with Crippen LogP contribution in [-0.4, -0.2) is 25.2 Å². The molecule has 0 unspecified atom stereocenters. The predicted molar refractivity (Wildman–Crippen MR) is 82.1 cm³/mol. The molecule has 3 N–H and O–H groups in total. The van der Waals surface area contributed by atoms with E-state index in [0.29, 0.717) is 25.2 Å². The molecule has 0 heterocycles. The van der Waals surface area contributed by atoms with Crippen LogP contribution in [0.15, 0.2) is 35.3 Å². The molecule has 4 nitrogen and oxygen atoms in total. The van der Waals surface area contributed by atoms with Gasteiger partial charge in [0.05, 0.1) is 6.54 Å². The number of aliphatic imine (C=N–C) groups is 1. The minimum absolute atomic E-state index is 0. The highest BCUT2D eigenvalue weighted by molar-refractivity contribution is 14.0. The molecular formula is C12H20IN3O. The second-order valence-corrected chi connectivity index (χ2v) is 3.73. The number of nitrogens with two attached hydrogens (primary N) is 1. The number of nitrogens with zero attached hydrogens (tertiary/aromatic N) is 1. The van der Waals surface area contributed by atoms with E-state index < -0.39 is 0 Å². The lowest BCUT2D eigenvalue weighted by Gasteiger charge is -2.08. The number of hydrogen-bond acceptors (Lipinski definition) is 2. The van der Waals surface area contributed by atoms with Crippen LogP contribution in [0.4, 0.5) is 0 Å². The first kappa shape index (κ1) is 16.0. The molecule has 0 atom stereocenters. The van der Waals surface area contributed by atoms with E-state index in [1.165, 1.54) is 0 Å². The van der Waals surface area contributed by atoms with E-state index in [1.807, 2.05) is 44.2 Å². The fourth-order valence-corrected chi connectivity index (χ4v) is 1.19. The lowest BCUT2D eigenvalue weighted by Crippen LogP contribution is -2.37. The summed E-state index contributed by atoms with van der Waals surface area (Å²) in [5.74, 6) is 1.32. The van der Waals surface area contributed by atoms with Gasteiger partial charge in [-0.05, 0) is 26.0 Å². The largest absolute Gasteiger partial charge is 0.492 e. The quantitative estimate of drug-likeness (QED) is 0.370. The molecule has 0 aromatic heterocycles. The van der Waals surface area contributed by atoms with E-state index >= 15 is 0 Å². The summed E-state index contributed by atoms with van der Waals surface area (Å²) in [6.07, 6.45) is 0. The second-order valence-electron chi connectivity index (χ2n) is 3.73. The van der Waals surface area contributed by atoms with Gasteiger partial charge >= 0.3 is 0 Å². The summed E-state index contributed by atoms with van der Waals surface area (Å²) in [4.78, 5) is 4.14. The minimum atomic E-state index is 0. The maximum atomic E-state index is 5.64. The maximum absolute atomic E-state index is 5.64. The van der Waals surface area contributed by atoms with E-state index in [2.05, 4.69) is 10.3 Å². The summed E-state index contributed by atoms with van der Waals surface area (Å²) < 4.78 is 5.47. The molecule has 1 rings (SSSR count). The first-order valence-electron chi connectivity index (χ1n) is 5.43. The van der Waals surface area contributed by atoms with Crippen molar-refractivity contribution < 1.29 is 4.74 Å². The molecule has 96 valence electrons. The van der Waals surface area contributed by atoms with Crippen LogP contribution < -0.4 is 15.8 Å². The van der Waals surface area contributed by atoms with Crippen LogP contribution >= 0.6 is 24.0 Å².